The maximum absolute atomic E-state index is 13.0. The van der Waals surface area contributed by atoms with Crippen molar-refractivity contribution in [3.63, 3.8) is 0 Å². The number of carbonyl (C=O) groups excluding carboxylic acids is 2. The van der Waals surface area contributed by atoms with Crippen LogP contribution in [0.5, 0.6) is 5.75 Å². The van der Waals surface area contributed by atoms with Gasteiger partial charge in [0, 0.05) is 0 Å². The number of carbonyl (C=O) groups is 2. The van der Waals surface area contributed by atoms with E-state index < -0.39 is 68.4 Å². The SMILES string of the molecule is O=C(CC(=O)C1(C(F)(F)F)CC1)N[C@@H](COC(F)F)c1cccc(OC(F)F)c1. The van der Waals surface area contributed by atoms with E-state index in [1.165, 1.54) is 12.1 Å². The van der Waals surface area contributed by atoms with Crippen molar-refractivity contribution >= 4 is 11.7 Å². The van der Waals surface area contributed by atoms with Crippen LogP contribution in [0.25, 0.3) is 0 Å². The van der Waals surface area contributed by atoms with Gasteiger partial charge in [0.15, 0.2) is 5.78 Å². The molecule has 1 aromatic carbocycles. The zero-order valence-corrected chi connectivity index (χ0v) is 14.6. The Bertz CT molecular complexity index is 735. The highest BCUT2D eigenvalue weighted by atomic mass is 19.4. The number of nitrogens with one attached hydrogen (secondary N) is 1. The lowest BCUT2D eigenvalue weighted by molar-refractivity contribution is -0.191. The van der Waals surface area contributed by atoms with Gasteiger partial charge < -0.3 is 14.8 Å². The minimum Gasteiger partial charge on any atom is -0.435 e. The monoisotopic (exact) mass is 431 g/mol. The van der Waals surface area contributed by atoms with E-state index in [2.05, 4.69) is 14.8 Å². The van der Waals surface area contributed by atoms with Gasteiger partial charge in [-0.15, -0.1) is 0 Å². The highest BCUT2D eigenvalue weighted by molar-refractivity contribution is 6.02. The molecular weight excluding hydrogens is 415 g/mol. The van der Waals surface area contributed by atoms with E-state index in [-0.39, 0.29) is 11.3 Å². The van der Waals surface area contributed by atoms with Gasteiger partial charge in [0.25, 0.3) is 0 Å². The maximum Gasteiger partial charge on any atom is 0.401 e. The van der Waals surface area contributed by atoms with Crippen LogP contribution in [0.2, 0.25) is 0 Å². The summed E-state index contributed by atoms with van der Waals surface area (Å²) in [6.45, 7) is -7.21. The minimum atomic E-state index is -4.79. The first-order valence-corrected chi connectivity index (χ1v) is 8.28. The normalized spacial score (nSPS) is 16.6. The van der Waals surface area contributed by atoms with Gasteiger partial charge in [-0.2, -0.15) is 30.7 Å². The molecule has 162 valence electrons. The molecule has 0 spiro atoms. The molecule has 1 fully saturated rings. The maximum atomic E-state index is 13.0. The van der Waals surface area contributed by atoms with Gasteiger partial charge in [0.1, 0.15) is 11.2 Å². The number of hydrogen-bond donors (Lipinski definition) is 1. The molecule has 1 aromatic rings. The van der Waals surface area contributed by atoms with Gasteiger partial charge in [-0.05, 0) is 30.5 Å². The standard InChI is InChI=1S/C17H16F7NO4/c18-14(19)28-8-11(9-2-1-3-10(6-9)29-15(20)21)25-13(27)7-12(26)16(4-5-16)17(22,23)24/h1-3,6,11,14-15H,4-5,7-8H2,(H,25,27)/t11-/m0/s1. The van der Waals surface area contributed by atoms with Crippen molar-refractivity contribution in [2.75, 3.05) is 6.61 Å². The lowest BCUT2D eigenvalue weighted by Gasteiger charge is -2.21. The van der Waals surface area contributed by atoms with Crippen LogP contribution in [-0.2, 0) is 14.3 Å². The molecule has 0 saturated heterocycles. The topological polar surface area (TPSA) is 64.6 Å². The van der Waals surface area contributed by atoms with Crippen LogP contribution in [0, 0.1) is 5.41 Å². The Labute approximate surface area is 160 Å². The Morgan fingerprint density at radius 2 is 1.76 bits per heavy atom. The first-order chi connectivity index (χ1) is 13.4. The van der Waals surface area contributed by atoms with Crippen LogP contribution < -0.4 is 10.1 Å². The van der Waals surface area contributed by atoms with Crippen molar-refractivity contribution in [3.8, 4) is 5.75 Å². The summed E-state index contributed by atoms with van der Waals surface area (Å²) in [4.78, 5) is 24.0. The Hall–Kier alpha value is -2.37. The van der Waals surface area contributed by atoms with Crippen LogP contribution in [0.1, 0.15) is 30.9 Å². The highest BCUT2D eigenvalue weighted by Crippen LogP contribution is 2.58. The van der Waals surface area contributed by atoms with Gasteiger partial charge in [0.2, 0.25) is 5.91 Å². The summed E-state index contributed by atoms with van der Waals surface area (Å²) in [5.41, 5.74) is -2.54. The second-order valence-electron chi connectivity index (χ2n) is 6.34. The zero-order chi connectivity index (χ0) is 21.8. The number of rotatable bonds is 10. The number of alkyl halides is 7. The summed E-state index contributed by atoms with van der Waals surface area (Å²) in [7, 11) is 0. The molecule has 1 amide bonds. The molecule has 1 atom stereocenters. The van der Waals surface area contributed by atoms with Crippen molar-refractivity contribution in [2.45, 2.75) is 44.7 Å². The fourth-order valence-electron chi connectivity index (χ4n) is 2.70. The Kier molecular flexibility index (Phi) is 7.09. The third kappa shape index (κ3) is 6.05. The molecule has 2 rings (SSSR count). The third-order valence-corrected chi connectivity index (χ3v) is 4.36. The number of ether oxygens (including phenoxy) is 2. The van der Waals surface area contributed by atoms with Gasteiger partial charge in [-0.3, -0.25) is 9.59 Å². The lowest BCUT2D eigenvalue weighted by atomic mass is 9.97. The number of benzene rings is 1. The molecule has 0 unspecified atom stereocenters. The predicted octanol–water partition coefficient (Wildman–Crippen LogP) is 3.99. The van der Waals surface area contributed by atoms with Gasteiger partial charge in [-0.1, -0.05) is 12.1 Å². The molecule has 29 heavy (non-hydrogen) atoms. The Balaban J connectivity index is 2.10. The predicted molar refractivity (Wildman–Crippen MR) is 83.3 cm³/mol. The van der Waals surface area contributed by atoms with Crippen LogP contribution >= 0.6 is 0 Å². The van der Waals surface area contributed by atoms with E-state index in [0.717, 1.165) is 12.1 Å². The summed E-state index contributed by atoms with van der Waals surface area (Å²) < 4.78 is 96.5. The van der Waals surface area contributed by atoms with Crippen molar-refractivity contribution in [1.82, 2.24) is 5.32 Å². The van der Waals surface area contributed by atoms with Crippen LogP contribution in [0.4, 0.5) is 30.7 Å². The summed E-state index contributed by atoms with van der Waals surface area (Å²) in [5, 5.41) is 2.12. The molecule has 1 aliphatic carbocycles. The van der Waals surface area contributed by atoms with Crippen LogP contribution in [0.15, 0.2) is 24.3 Å². The Morgan fingerprint density at radius 1 is 1.10 bits per heavy atom. The fourth-order valence-corrected chi connectivity index (χ4v) is 2.70. The average Bonchev–Trinajstić information content (AvgIpc) is 3.39. The molecule has 12 heteroatoms. The fraction of sp³-hybridized carbons (Fsp3) is 0.529. The summed E-state index contributed by atoms with van der Waals surface area (Å²) >= 11 is 0. The van der Waals surface area contributed by atoms with Gasteiger partial charge in [0.05, 0.1) is 19.1 Å². The minimum absolute atomic E-state index is 0.0153. The van der Waals surface area contributed by atoms with E-state index in [4.69, 9.17) is 0 Å². The first kappa shape index (κ1) is 22.9. The number of halogens is 7. The molecule has 1 saturated carbocycles. The van der Waals surface area contributed by atoms with Crippen LogP contribution in [-0.4, -0.2) is 37.7 Å². The van der Waals surface area contributed by atoms with E-state index in [9.17, 15) is 40.3 Å². The van der Waals surface area contributed by atoms with Crippen molar-refractivity contribution < 1.29 is 49.8 Å². The van der Waals surface area contributed by atoms with Gasteiger partial charge in [-0.25, -0.2) is 0 Å². The summed E-state index contributed by atoms with van der Waals surface area (Å²) in [5.74, 6) is -2.81. The second-order valence-corrected chi connectivity index (χ2v) is 6.34. The highest BCUT2D eigenvalue weighted by Gasteiger charge is 2.67. The van der Waals surface area contributed by atoms with Crippen molar-refractivity contribution in [1.29, 1.82) is 0 Å². The summed E-state index contributed by atoms with van der Waals surface area (Å²) in [6, 6.07) is 3.34. The molecule has 1 aliphatic rings. The molecule has 0 radical (unpaired) electrons. The molecule has 0 aliphatic heterocycles. The first-order valence-electron chi connectivity index (χ1n) is 8.28. The molecule has 5 nitrogen and oxygen atoms in total. The Morgan fingerprint density at radius 3 is 2.28 bits per heavy atom. The lowest BCUT2D eigenvalue weighted by Crippen LogP contribution is -2.38. The number of hydrogen-bond acceptors (Lipinski definition) is 4. The van der Waals surface area contributed by atoms with Crippen LogP contribution in [0.3, 0.4) is 0 Å². The molecular formula is C17H16F7NO4. The van der Waals surface area contributed by atoms with E-state index in [0.29, 0.717) is 0 Å². The largest absolute Gasteiger partial charge is 0.435 e. The number of ketones is 1. The molecule has 0 heterocycles. The van der Waals surface area contributed by atoms with E-state index >= 15 is 0 Å². The van der Waals surface area contributed by atoms with E-state index in [1.54, 1.807) is 0 Å². The van der Waals surface area contributed by atoms with Crippen molar-refractivity contribution in [3.05, 3.63) is 29.8 Å². The smallest absolute Gasteiger partial charge is 0.401 e. The quantitative estimate of drug-likeness (QED) is 0.450. The molecule has 0 bridgehead atoms. The zero-order valence-electron chi connectivity index (χ0n) is 14.6. The number of amides is 1. The van der Waals surface area contributed by atoms with Gasteiger partial charge >= 0.3 is 19.4 Å². The average molecular weight is 431 g/mol. The van der Waals surface area contributed by atoms with Crippen molar-refractivity contribution in [2.24, 2.45) is 5.41 Å². The second kappa shape index (κ2) is 8.97. The number of Topliss-reactive ketones (excluding diaryl/α,β-unsaturated/α-hetero) is 1. The molecule has 1 N–H and O–H groups in total. The molecule has 0 aromatic heterocycles. The third-order valence-electron chi connectivity index (χ3n) is 4.36. The van der Waals surface area contributed by atoms with E-state index in [1.807, 2.05) is 0 Å². The summed E-state index contributed by atoms with van der Waals surface area (Å²) in [6.07, 6.45) is -6.75.